The van der Waals surface area contributed by atoms with Crippen molar-refractivity contribution in [3.05, 3.63) is 0 Å². The zero-order valence-corrected chi connectivity index (χ0v) is 7.75. The molecule has 0 heterocycles. The lowest BCUT2D eigenvalue weighted by molar-refractivity contribution is -0.00209. The highest BCUT2D eigenvalue weighted by Gasteiger charge is 2.21. The third kappa shape index (κ3) is 2.83. The van der Waals surface area contributed by atoms with Gasteiger partial charge in [0, 0.05) is 0 Å². The van der Waals surface area contributed by atoms with E-state index in [-0.39, 0.29) is 0 Å². The van der Waals surface area contributed by atoms with Gasteiger partial charge in [-0.05, 0) is 18.8 Å². The Bertz CT molecular complexity index is 162. The van der Waals surface area contributed by atoms with Crippen molar-refractivity contribution >= 4 is 0 Å². The average Bonchev–Trinajstić information content (AvgIpc) is 2.09. The maximum Gasteiger partial charge on any atom is 0.0645 e. The van der Waals surface area contributed by atoms with Crippen molar-refractivity contribution in [1.29, 1.82) is 5.26 Å². The lowest BCUT2D eigenvalue weighted by Crippen LogP contribution is -2.25. The van der Waals surface area contributed by atoms with E-state index < -0.39 is 0 Å². The van der Waals surface area contributed by atoms with E-state index in [0.29, 0.717) is 25.0 Å². The molecule has 0 unspecified atom stereocenters. The highest BCUT2D eigenvalue weighted by Crippen LogP contribution is 2.26. The van der Waals surface area contributed by atoms with Crippen molar-refractivity contribution in [3.63, 3.8) is 0 Å². The SMILES string of the molecule is C[C@H]1CCCC[C@@H]1OCCC#N. The van der Waals surface area contributed by atoms with Gasteiger partial charge >= 0.3 is 0 Å². The Hall–Kier alpha value is -0.550. The molecule has 0 aromatic carbocycles. The summed E-state index contributed by atoms with van der Waals surface area (Å²) >= 11 is 0. The van der Waals surface area contributed by atoms with Gasteiger partial charge in [0.05, 0.1) is 25.2 Å². The van der Waals surface area contributed by atoms with E-state index in [1.165, 1.54) is 25.7 Å². The number of rotatable bonds is 3. The van der Waals surface area contributed by atoms with Crippen LogP contribution in [0.4, 0.5) is 0 Å². The second-order valence-corrected chi connectivity index (χ2v) is 3.58. The molecule has 1 saturated carbocycles. The summed E-state index contributed by atoms with van der Waals surface area (Å²) in [6.07, 6.45) is 6.07. The van der Waals surface area contributed by atoms with Gasteiger partial charge in [-0.3, -0.25) is 0 Å². The fourth-order valence-corrected chi connectivity index (χ4v) is 1.79. The molecule has 1 rings (SSSR count). The first kappa shape index (κ1) is 9.54. The summed E-state index contributed by atoms with van der Waals surface area (Å²) in [5, 5.41) is 8.33. The zero-order chi connectivity index (χ0) is 8.81. The molecule has 2 atom stereocenters. The lowest BCUT2D eigenvalue weighted by atomic mass is 9.88. The maximum atomic E-state index is 8.33. The summed E-state index contributed by atoms with van der Waals surface area (Å²) in [4.78, 5) is 0. The molecule has 12 heavy (non-hydrogen) atoms. The number of nitrogens with zero attached hydrogens (tertiary/aromatic N) is 1. The fourth-order valence-electron chi connectivity index (χ4n) is 1.79. The molecule has 0 saturated heterocycles. The number of ether oxygens (including phenoxy) is 1. The molecule has 0 aliphatic heterocycles. The Kier molecular flexibility index (Phi) is 4.10. The molecule has 2 nitrogen and oxygen atoms in total. The van der Waals surface area contributed by atoms with Crippen LogP contribution < -0.4 is 0 Å². The van der Waals surface area contributed by atoms with Crippen LogP contribution in [-0.4, -0.2) is 12.7 Å². The van der Waals surface area contributed by atoms with Gasteiger partial charge in [-0.2, -0.15) is 5.26 Å². The molecule has 1 aliphatic rings. The van der Waals surface area contributed by atoms with Crippen LogP contribution in [0.1, 0.15) is 39.0 Å². The van der Waals surface area contributed by atoms with Gasteiger partial charge in [-0.15, -0.1) is 0 Å². The van der Waals surface area contributed by atoms with E-state index in [1.54, 1.807) is 0 Å². The summed E-state index contributed by atoms with van der Waals surface area (Å²) in [6.45, 7) is 2.86. The largest absolute Gasteiger partial charge is 0.377 e. The smallest absolute Gasteiger partial charge is 0.0645 e. The Labute approximate surface area is 74.5 Å². The van der Waals surface area contributed by atoms with Crippen molar-refractivity contribution in [2.75, 3.05) is 6.61 Å². The van der Waals surface area contributed by atoms with Crippen LogP contribution in [0, 0.1) is 17.2 Å². The van der Waals surface area contributed by atoms with Crippen molar-refractivity contribution in [2.24, 2.45) is 5.92 Å². The Morgan fingerprint density at radius 1 is 1.42 bits per heavy atom. The summed E-state index contributed by atoms with van der Waals surface area (Å²) < 4.78 is 5.61. The minimum Gasteiger partial charge on any atom is -0.377 e. The van der Waals surface area contributed by atoms with Crippen LogP contribution in [0.3, 0.4) is 0 Å². The zero-order valence-electron chi connectivity index (χ0n) is 7.75. The molecular formula is C10H17NO. The number of nitriles is 1. The van der Waals surface area contributed by atoms with E-state index in [9.17, 15) is 0 Å². The van der Waals surface area contributed by atoms with Crippen LogP contribution in [-0.2, 0) is 4.74 Å². The molecular weight excluding hydrogens is 150 g/mol. The molecule has 0 radical (unpaired) electrons. The quantitative estimate of drug-likeness (QED) is 0.605. The predicted octanol–water partition coefficient (Wildman–Crippen LogP) is 2.50. The fraction of sp³-hybridized carbons (Fsp3) is 0.900. The molecule has 68 valence electrons. The molecule has 0 N–H and O–H groups in total. The summed E-state index contributed by atoms with van der Waals surface area (Å²) in [5.41, 5.74) is 0. The standard InChI is InChI=1S/C10H17NO/c1-9-5-2-3-6-10(9)12-8-4-7-11/h9-10H,2-6,8H2,1H3/t9-,10-/m0/s1. The van der Waals surface area contributed by atoms with E-state index in [2.05, 4.69) is 13.0 Å². The monoisotopic (exact) mass is 167 g/mol. The van der Waals surface area contributed by atoms with Gasteiger partial charge in [0.25, 0.3) is 0 Å². The third-order valence-electron chi connectivity index (χ3n) is 2.58. The third-order valence-corrected chi connectivity index (χ3v) is 2.58. The van der Waals surface area contributed by atoms with Gasteiger partial charge in [-0.1, -0.05) is 19.8 Å². The molecule has 0 aromatic heterocycles. The van der Waals surface area contributed by atoms with Crippen LogP contribution in [0.15, 0.2) is 0 Å². The second-order valence-electron chi connectivity index (χ2n) is 3.58. The summed E-state index contributed by atoms with van der Waals surface area (Å²) in [7, 11) is 0. The van der Waals surface area contributed by atoms with Crippen LogP contribution >= 0.6 is 0 Å². The second kappa shape index (κ2) is 5.16. The van der Waals surface area contributed by atoms with Gasteiger partial charge in [0.2, 0.25) is 0 Å². The highest BCUT2D eigenvalue weighted by molar-refractivity contribution is 4.74. The molecule has 0 aromatic rings. The van der Waals surface area contributed by atoms with Crippen LogP contribution in [0.2, 0.25) is 0 Å². The van der Waals surface area contributed by atoms with Crippen molar-refractivity contribution in [1.82, 2.24) is 0 Å². The van der Waals surface area contributed by atoms with E-state index in [4.69, 9.17) is 10.00 Å². The van der Waals surface area contributed by atoms with Crippen molar-refractivity contribution < 1.29 is 4.74 Å². The van der Waals surface area contributed by atoms with E-state index in [1.807, 2.05) is 0 Å². The van der Waals surface area contributed by atoms with Crippen LogP contribution in [0.25, 0.3) is 0 Å². The first-order chi connectivity index (χ1) is 5.84. The average molecular weight is 167 g/mol. The van der Waals surface area contributed by atoms with Crippen LogP contribution in [0.5, 0.6) is 0 Å². The number of hydrogen-bond donors (Lipinski definition) is 0. The molecule has 0 bridgehead atoms. The van der Waals surface area contributed by atoms with E-state index in [0.717, 1.165) is 0 Å². The summed E-state index contributed by atoms with van der Waals surface area (Å²) in [6, 6.07) is 2.10. The first-order valence-electron chi connectivity index (χ1n) is 4.83. The Balaban J connectivity index is 2.16. The Morgan fingerprint density at radius 2 is 2.17 bits per heavy atom. The number of hydrogen-bond acceptors (Lipinski definition) is 2. The molecule has 1 aliphatic carbocycles. The molecule has 0 spiro atoms. The normalized spacial score (nSPS) is 29.7. The topological polar surface area (TPSA) is 33.0 Å². The molecule has 2 heteroatoms. The Morgan fingerprint density at radius 3 is 2.83 bits per heavy atom. The lowest BCUT2D eigenvalue weighted by Gasteiger charge is -2.28. The van der Waals surface area contributed by atoms with Gasteiger partial charge < -0.3 is 4.74 Å². The van der Waals surface area contributed by atoms with Crippen molar-refractivity contribution in [3.8, 4) is 6.07 Å². The van der Waals surface area contributed by atoms with Gasteiger partial charge in [-0.25, -0.2) is 0 Å². The minimum atomic E-state index is 0.423. The minimum absolute atomic E-state index is 0.423. The van der Waals surface area contributed by atoms with Crippen molar-refractivity contribution in [2.45, 2.75) is 45.1 Å². The van der Waals surface area contributed by atoms with Gasteiger partial charge in [0.1, 0.15) is 0 Å². The predicted molar refractivity (Wildman–Crippen MR) is 47.6 cm³/mol. The maximum absolute atomic E-state index is 8.33. The van der Waals surface area contributed by atoms with Gasteiger partial charge in [0.15, 0.2) is 0 Å². The molecule has 1 fully saturated rings. The molecule has 0 amide bonds. The highest BCUT2D eigenvalue weighted by atomic mass is 16.5. The first-order valence-corrected chi connectivity index (χ1v) is 4.83. The van der Waals surface area contributed by atoms with E-state index >= 15 is 0 Å². The summed E-state index contributed by atoms with van der Waals surface area (Å²) in [5.74, 6) is 0.692.